The van der Waals surface area contributed by atoms with Crippen molar-refractivity contribution in [1.29, 1.82) is 0 Å². The van der Waals surface area contributed by atoms with Gasteiger partial charge in [0, 0.05) is 19.2 Å². The maximum absolute atomic E-state index is 12.7. The molecule has 1 N–H and O–H groups in total. The Morgan fingerprint density at radius 3 is 2.45 bits per heavy atom. The lowest BCUT2D eigenvalue weighted by atomic mass is 10.2. The van der Waals surface area contributed by atoms with Gasteiger partial charge < -0.3 is 24.3 Å². The van der Waals surface area contributed by atoms with Gasteiger partial charge in [-0.1, -0.05) is 11.6 Å². The number of hydrogen-bond acceptors (Lipinski definition) is 7. The Bertz CT molecular complexity index is 1040. The van der Waals surface area contributed by atoms with Crippen LogP contribution in [0.25, 0.3) is 0 Å². The zero-order valence-corrected chi connectivity index (χ0v) is 18.7. The fourth-order valence-corrected chi connectivity index (χ4v) is 4.67. The van der Waals surface area contributed by atoms with Crippen molar-refractivity contribution in [2.24, 2.45) is 0 Å². The summed E-state index contributed by atoms with van der Waals surface area (Å²) in [7, 11) is -0.678. The van der Waals surface area contributed by atoms with Crippen molar-refractivity contribution in [2.75, 3.05) is 52.4 Å². The molecule has 1 aliphatic rings. The van der Waals surface area contributed by atoms with Crippen LogP contribution in [0.4, 0.5) is 5.69 Å². The van der Waals surface area contributed by atoms with E-state index in [1.165, 1.54) is 36.7 Å². The molecule has 0 radical (unpaired) electrons. The first-order chi connectivity index (χ1) is 14.8. The molecule has 1 heterocycles. The molecule has 0 saturated carbocycles. The Hall–Kier alpha value is -2.53. The van der Waals surface area contributed by atoms with E-state index in [9.17, 15) is 13.2 Å². The van der Waals surface area contributed by atoms with E-state index in [0.717, 1.165) is 0 Å². The van der Waals surface area contributed by atoms with Crippen LogP contribution in [0.3, 0.4) is 0 Å². The Kier molecular flexibility index (Phi) is 7.60. The second-order valence-electron chi connectivity index (χ2n) is 6.51. The highest BCUT2D eigenvalue weighted by atomic mass is 35.5. The zero-order chi connectivity index (χ0) is 22.4. The molecule has 0 aliphatic carbocycles. The average Bonchev–Trinajstić information content (AvgIpc) is 2.78. The summed E-state index contributed by atoms with van der Waals surface area (Å²) in [5.41, 5.74) is 0.425. The largest absolute Gasteiger partial charge is 0.497 e. The van der Waals surface area contributed by atoms with Gasteiger partial charge in [-0.3, -0.25) is 4.79 Å². The molecule has 31 heavy (non-hydrogen) atoms. The van der Waals surface area contributed by atoms with Crippen molar-refractivity contribution >= 4 is 33.2 Å². The van der Waals surface area contributed by atoms with Crippen LogP contribution in [0.2, 0.25) is 5.02 Å². The van der Waals surface area contributed by atoms with Crippen molar-refractivity contribution < 1.29 is 32.2 Å². The molecular weight excluding hydrogens is 448 g/mol. The zero-order valence-electron chi connectivity index (χ0n) is 17.1. The minimum absolute atomic E-state index is 0.0531. The summed E-state index contributed by atoms with van der Waals surface area (Å²) in [6.45, 7) is 0.927. The van der Waals surface area contributed by atoms with Gasteiger partial charge in [0.2, 0.25) is 10.0 Å². The standard InChI is InChI=1S/C20H23ClN2O7S/c1-27-14-3-5-19(28-2)17(11-14)22-20(24)13-30-18-6-4-15(12-16(18)21)31(25,26)23-7-9-29-10-8-23/h3-6,11-12H,7-10,13H2,1-2H3,(H,22,24). The molecule has 0 bridgehead atoms. The predicted molar refractivity (Wildman–Crippen MR) is 115 cm³/mol. The lowest BCUT2D eigenvalue weighted by molar-refractivity contribution is -0.118. The Balaban J connectivity index is 1.65. The van der Waals surface area contributed by atoms with E-state index in [1.807, 2.05) is 0 Å². The normalized spacial score (nSPS) is 14.7. The number of anilines is 1. The molecular formula is C20H23ClN2O7S. The van der Waals surface area contributed by atoms with E-state index in [4.69, 9.17) is 30.5 Å². The summed E-state index contributed by atoms with van der Waals surface area (Å²) >= 11 is 6.20. The number of nitrogens with one attached hydrogen (secondary N) is 1. The van der Waals surface area contributed by atoms with Crippen LogP contribution in [0, 0.1) is 0 Å². The molecule has 11 heteroatoms. The number of halogens is 1. The Morgan fingerprint density at radius 2 is 1.81 bits per heavy atom. The number of amides is 1. The van der Waals surface area contributed by atoms with E-state index >= 15 is 0 Å². The van der Waals surface area contributed by atoms with Gasteiger partial charge in [-0.05, 0) is 30.3 Å². The van der Waals surface area contributed by atoms with Gasteiger partial charge >= 0.3 is 0 Å². The van der Waals surface area contributed by atoms with Crippen molar-refractivity contribution in [3.63, 3.8) is 0 Å². The number of methoxy groups -OCH3 is 2. The molecule has 0 atom stereocenters. The molecule has 0 aromatic heterocycles. The predicted octanol–water partition coefficient (Wildman–Crippen LogP) is 2.40. The first-order valence-electron chi connectivity index (χ1n) is 9.37. The number of carbonyl (C=O) groups excluding carboxylic acids is 1. The number of hydrogen-bond donors (Lipinski definition) is 1. The monoisotopic (exact) mass is 470 g/mol. The highest BCUT2D eigenvalue weighted by Crippen LogP contribution is 2.30. The third-order valence-electron chi connectivity index (χ3n) is 4.55. The summed E-state index contributed by atoms with van der Waals surface area (Å²) in [6, 6.07) is 9.13. The van der Waals surface area contributed by atoms with Crippen LogP contribution in [0.15, 0.2) is 41.3 Å². The number of sulfonamides is 1. The molecule has 2 aromatic carbocycles. The smallest absolute Gasteiger partial charge is 0.262 e. The minimum atomic E-state index is -3.68. The number of ether oxygens (including phenoxy) is 4. The van der Waals surface area contributed by atoms with Gasteiger partial charge in [-0.15, -0.1) is 0 Å². The summed E-state index contributed by atoms with van der Waals surface area (Å²) in [5, 5.41) is 2.76. The SMILES string of the molecule is COc1ccc(OC)c(NC(=O)COc2ccc(S(=O)(=O)N3CCOCC3)cc2Cl)c1. The summed E-state index contributed by atoms with van der Waals surface area (Å²) in [4.78, 5) is 12.4. The van der Waals surface area contributed by atoms with Crippen LogP contribution in [0.5, 0.6) is 17.2 Å². The topological polar surface area (TPSA) is 103 Å². The van der Waals surface area contributed by atoms with E-state index < -0.39 is 15.9 Å². The molecule has 168 valence electrons. The van der Waals surface area contributed by atoms with Gasteiger partial charge in [0.1, 0.15) is 17.2 Å². The van der Waals surface area contributed by atoms with E-state index in [0.29, 0.717) is 30.4 Å². The third-order valence-corrected chi connectivity index (χ3v) is 6.74. The summed E-state index contributed by atoms with van der Waals surface area (Å²) < 4.78 is 47.8. The Labute approximate surface area is 185 Å². The quantitative estimate of drug-likeness (QED) is 0.631. The molecule has 1 fully saturated rings. The Morgan fingerprint density at radius 1 is 1.10 bits per heavy atom. The molecule has 1 saturated heterocycles. The van der Waals surface area contributed by atoms with Crippen LogP contribution in [-0.4, -0.2) is 65.8 Å². The van der Waals surface area contributed by atoms with Crippen LogP contribution in [0.1, 0.15) is 0 Å². The van der Waals surface area contributed by atoms with Crippen molar-refractivity contribution in [1.82, 2.24) is 4.31 Å². The summed E-state index contributed by atoms with van der Waals surface area (Å²) in [6.07, 6.45) is 0. The fourth-order valence-electron chi connectivity index (χ4n) is 2.94. The highest BCUT2D eigenvalue weighted by Gasteiger charge is 2.27. The number of rotatable bonds is 8. The van der Waals surface area contributed by atoms with Crippen LogP contribution in [-0.2, 0) is 19.6 Å². The van der Waals surface area contributed by atoms with Crippen molar-refractivity contribution in [3.8, 4) is 17.2 Å². The van der Waals surface area contributed by atoms with Gasteiger partial charge in [-0.2, -0.15) is 4.31 Å². The molecule has 9 nitrogen and oxygen atoms in total. The lowest BCUT2D eigenvalue weighted by Crippen LogP contribution is -2.40. The number of carbonyl (C=O) groups is 1. The second-order valence-corrected chi connectivity index (χ2v) is 8.86. The molecule has 3 rings (SSSR count). The first-order valence-corrected chi connectivity index (χ1v) is 11.2. The van der Waals surface area contributed by atoms with E-state index in [-0.39, 0.29) is 35.4 Å². The minimum Gasteiger partial charge on any atom is -0.497 e. The van der Waals surface area contributed by atoms with Crippen molar-refractivity contribution in [2.45, 2.75) is 4.90 Å². The number of morpholine rings is 1. The maximum Gasteiger partial charge on any atom is 0.262 e. The maximum atomic E-state index is 12.7. The van der Waals surface area contributed by atoms with Gasteiger partial charge in [-0.25, -0.2) is 8.42 Å². The van der Waals surface area contributed by atoms with Crippen LogP contribution >= 0.6 is 11.6 Å². The average molecular weight is 471 g/mol. The molecule has 0 unspecified atom stereocenters. The number of nitrogens with zero attached hydrogens (tertiary/aromatic N) is 1. The molecule has 0 spiro atoms. The second kappa shape index (κ2) is 10.2. The van der Waals surface area contributed by atoms with E-state index in [2.05, 4.69) is 5.32 Å². The van der Waals surface area contributed by atoms with Gasteiger partial charge in [0.25, 0.3) is 5.91 Å². The number of benzene rings is 2. The summed E-state index contributed by atoms with van der Waals surface area (Å²) in [5.74, 6) is 0.755. The van der Waals surface area contributed by atoms with Crippen molar-refractivity contribution in [3.05, 3.63) is 41.4 Å². The third kappa shape index (κ3) is 5.59. The van der Waals surface area contributed by atoms with E-state index in [1.54, 1.807) is 18.2 Å². The van der Waals surface area contributed by atoms with Crippen LogP contribution < -0.4 is 19.5 Å². The molecule has 1 amide bonds. The van der Waals surface area contributed by atoms with Gasteiger partial charge in [0.15, 0.2) is 6.61 Å². The lowest BCUT2D eigenvalue weighted by Gasteiger charge is -2.26. The molecule has 2 aromatic rings. The fraction of sp³-hybridized carbons (Fsp3) is 0.350. The van der Waals surface area contributed by atoms with Gasteiger partial charge in [0.05, 0.1) is 43.0 Å². The highest BCUT2D eigenvalue weighted by molar-refractivity contribution is 7.89. The first kappa shape index (κ1) is 23.1. The molecule has 1 aliphatic heterocycles.